The molecule has 2 aromatic heterocycles. The van der Waals surface area contributed by atoms with Gasteiger partial charge in [-0.15, -0.1) is 0 Å². The highest BCUT2D eigenvalue weighted by Crippen LogP contribution is 2.35. The minimum Gasteiger partial charge on any atom is -0.334 e. The number of aromatic nitrogens is 3. The van der Waals surface area contributed by atoms with Crippen molar-refractivity contribution in [1.82, 2.24) is 15.0 Å². The molecule has 2 aromatic carbocycles. The van der Waals surface area contributed by atoms with E-state index in [2.05, 4.69) is 25.6 Å². The molecule has 4 aromatic rings. The number of thiazole rings is 1. The number of nitrogens with one attached hydrogen (secondary N) is 2. The maximum atomic E-state index is 11.8. The van der Waals surface area contributed by atoms with Crippen molar-refractivity contribution in [3.63, 3.8) is 0 Å². The van der Waals surface area contributed by atoms with Gasteiger partial charge in [0.15, 0.2) is 5.13 Å². The molecule has 0 aliphatic carbocycles. The highest BCUT2D eigenvalue weighted by atomic mass is 32.1. The molecule has 9 heteroatoms. The molecule has 2 N–H and O–H groups in total. The second-order valence-electron chi connectivity index (χ2n) is 6.23. The number of para-hydroxylation sites is 1. The molecule has 0 spiro atoms. The Bertz CT molecular complexity index is 1190. The van der Waals surface area contributed by atoms with Gasteiger partial charge in [-0.1, -0.05) is 35.6 Å². The zero-order chi connectivity index (χ0) is 19.7. The van der Waals surface area contributed by atoms with Crippen molar-refractivity contribution in [2.45, 2.75) is 13.8 Å². The first-order chi connectivity index (χ1) is 13.5. The van der Waals surface area contributed by atoms with Gasteiger partial charge in [0.1, 0.15) is 6.33 Å². The lowest BCUT2D eigenvalue weighted by Crippen LogP contribution is -2.05. The molecule has 0 saturated heterocycles. The molecule has 0 aliphatic rings. The maximum absolute atomic E-state index is 11.8. The van der Waals surface area contributed by atoms with Crippen LogP contribution < -0.4 is 10.6 Å². The molecule has 0 amide bonds. The third kappa shape index (κ3) is 3.47. The van der Waals surface area contributed by atoms with Crippen LogP contribution in [0.25, 0.3) is 10.2 Å². The summed E-state index contributed by atoms with van der Waals surface area (Å²) in [6, 6.07) is 13.4. The van der Waals surface area contributed by atoms with E-state index in [1.54, 1.807) is 0 Å². The number of aryl methyl sites for hydroxylation is 2. The number of fused-ring (bicyclic) bond motifs is 1. The lowest BCUT2D eigenvalue weighted by molar-refractivity contribution is -0.383. The third-order valence-electron chi connectivity index (χ3n) is 4.17. The van der Waals surface area contributed by atoms with E-state index in [-0.39, 0.29) is 17.3 Å². The van der Waals surface area contributed by atoms with Gasteiger partial charge in [-0.25, -0.2) is 15.0 Å². The molecule has 2 heterocycles. The van der Waals surface area contributed by atoms with Crippen LogP contribution in [0.5, 0.6) is 0 Å². The minimum atomic E-state index is -0.500. The molecular weight excluding hydrogens is 376 g/mol. The summed E-state index contributed by atoms with van der Waals surface area (Å²) >= 11 is 1.41. The Morgan fingerprint density at radius 1 is 1.04 bits per heavy atom. The zero-order valence-corrected chi connectivity index (χ0v) is 15.9. The van der Waals surface area contributed by atoms with Gasteiger partial charge in [-0.2, -0.15) is 0 Å². The summed E-state index contributed by atoms with van der Waals surface area (Å²) in [6.07, 6.45) is 1.29. The fourth-order valence-electron chi connectivity index (χ4n) is 2.76. The van der Waals surface area contributed by atoms with Crippen LogP contribution in [0.2, 0.25) is 0 Å². The van der Waals surface area contributed by atoms with Crippen LogP contribution in [0.4, 0.5) is 28.1 Å². The Kier molecular flexibility index (Phi) is 4.58. The number of hydrogen-bond acceptors (Lipinski definition) is 8. The Morgan fingerprint density at radius 3 is 2.54 bits per heavy atom. The summed E-state index contributed by atoms with van der Waals surface area (Å²) in [6.45, 7) is 3.92. The standard InChI is InChI=1S/C19H16N6O2S/c1-11-7-8-14-15(9-11)28-19(23-14)24-18-16(25(26)27)17(20-10-21-18)22-13-6-4-3-5-12(13)2/h3-10H,1-2H3,(H2,20,21,22,23,24). The maximum Gasteiger partial charge on any atom is 0.353 e. The number of benzene rings is 2. The summed E-state index contributed by atoms with van der Waals surface area (Å²) in [5.41, 5.74) is 3.41. The third-order valence-corrected chi connectivity index (χ3v) is 5.11. The van der Waals surface area contributed by atoms with Crippen molar-refractivity contribution in [2.75, 3.05) is 10.6 Å². The topological polar surface area (TPSA) is 106 Å². The molecule has 0 aliphatic heterocycles. The van der Waals surface area contributed by atoms with Crippen LogP contribution in [0.1, 0.15) is 11.1 Å². The monoisotopic (exact) mass is 392 g/mol. The van der Waals surface area contributed by atoms with Crippen molar-refractivity contribution in [3.05, 3.63) is 70.0 Å². The summed E-state index contributed by atoms with van der Waals surface area (Å²) in [5.74, 6) is 0.209. The first-order valence-electron chi connectivity index (χ1n) is 8.47. The van der Waals surface area contributed by atoms with Gasteiger partial charge in [0.25, 0.3) is 0 Å². The molecule has 0 atom stereocenters. The van der Waals surface area contributed by atoms with E-state index in [4.69, 9.17) is 0 Å². The quantitative estimate of drug-likeness (QED) is 0.359. The molecule has 0 bridgehead atoms. The van der Waals surface area contributed by atoms with Crippen LogP contribution in [-0.4, -0.2) is 19.9 Å². The predicted octanol–water partition coefficient (Wildman–Crippen LogP) is 5.10. The molecule has 4 rings (SSSR count). The van der Waals surface area contributed by atoms with Crippen LogP contribution in [-0.2, 0) is 0 Å². The van der Waals surface area contributed by atoms with Crippen LogP contribution in [0.3, 0.4) is 0 Å². The van der Waals surface area contributed by atoms with Crippen molar-refractivity contribution >= 4 is 49.7 Å². The van der Waals surface area contributed by atoms with E-state index in [1.807, 2.05) is 56.3 Å². The fraction of sp³-hybridized carbons (Fsp3) is 0.105. The van der Waals surface area contributed by atoms with E-state index < -0.39 is 4.92 Å². The van der Waals surface area contributed by atoms with Gasteiger partial charge in [-0.3, -0.25) is 10.1 Å². The molecule has 0 saturated carbocycles. The molecule has 0 radical (unpaired) electrons. The molecule has 28 heavy (non-hydrogen) atoms. The second-order valence-corrected chi connectivity index (χ2v) is 7.26. The normalized spacial score (nSPS) is 10.8. The van der Waals surface area contributed by atoms with Crippen LogP contribution >= 0.6 is 11.3 Å². The Balaban J connectivity index is 1.72. The minimum absolute atomic E-state index is 0.0897. The zero-order valence-electron chi connectivity index (χ0n) is 15.1. The number of anilines is 4. The summed E-state index contributed by atoms with van der Waals surface area (Å²) in [4.78, 5) is 23.9. The lowest BCUT2D eigenvalue weighted by Gasteiger charge is -2.10. The number of hydrogen-bond donors (Lipinski definition) is 2. The predicted molar refractivity (Wildman–Crippen MR) is 111 cm³/mol. The molecular formula is C19H16N6O2S. The molecule has 140 valence electrons. The first kappa shape index (κ1) is 17.8. The number of nitrogens with zero attached hydrogens (tertiary/aromatic N) is 4. The average molecular weight is 392 g/mol. The van der Waals surface area contributed by atoms with Gasteiger partial charge in [0.2, 0.25) is 11.6 Å². The second kappa shape index (κ2) is 7.20. The molecule has 8 nitrogen and oxygen atoms in total. The molecule has 0 unspecified atom stereocenters. The highest BCUT2D eigenvalue weighted by molar-refractivity contribution is 7.22. The first-order valence-corrected chi connectivity index (χ1v) is 9.29. The van der Waals surface area contributed by atoms with Crippen LogP contribution in [0, 0.1) is 24.0 Å². The largest absolute Gasteiger partial charge is 0.353 e. The van der Waals surface area contributed by atoms with Crippen LogP contribution in [0.15, 0.2) is 48.8 Å². The van der Waals surface area contributed by atoms with Gasteiger partial charge in [0.05, 0.1) is 15.1 Å². The summed E-state index contributed by atoms with van der Waals surface area (Å²) < 4.78 is 0.998. The summed E-state index contributed by atoms with van der Waals surface area (Å²) in [5, 5.41) is 18.3. The van der Waals surface area contributed by atoms with Crippen molar-refractivity contribution in [3.8, 4) is 0 Å². The Hall–Kier alpha value is -3.59. The van der Waals surface area contributed by atoms with E-state index in [0.29, 0.717) is 5.13 Å². The Morgan fingerprint density at radius 2 is 1.79 bits per heavy atom. The van der Waals surface area contributed by atoms with Gasteiger partial charge in [0, 0.05) is 5.69 Å². The highest BCUT2D eigenvalue weighted by Gasteiger charge is 2.24. The average Bonchev–Trinajstić information content (AvgIpc) is 3.05. The van der Waals surface area contributed by atoms with E-state index in [9.17, 15) is 10.1 Å². The van der Waals surface area contributed by atoms with Crippen molar-refractivity contribution in [2.24, 2.45) is 0 Å². The summed E-state index contributed by atoms with van der Waals surface area (Å²) in [7, 11) is 0. The van der Waals surface area contributed by atoms with E-state index in [0.717, 1.165) is 27.0 Å². The lowest BCUT2D eigenvalue weighted by atomic mass is 10.2. The number of rotatable bonds is 5. The fourth-order valence-corrected chi connectivity index (χ4v) is 3.73. The van der Waals surface area contributed by atoms with Gasteiger partial charge >= 0.3 is 5.69 Å². The number of nitro groups is 1. The smallest absolute Gasteiger partial charge is 0.334 e. The van der Waals surface area contributed by atoms with Crippen molar-refractivity contribution < 1.29 is 4.92 Å². The van der Waals surface area contributed by atoms with Crippen molar-refractivity contribution in [1.29, 1.82) is 0 Å². The molecule has 0 fully saturated rings. The van der Waals surface area contributed by atoms with E-state index >= 15 is 0 Å². The van der Waals surface area contributed by atoms with Gasteiger partial charge < -0.3 is 10.6 Å². The Labute approximate surface area is 164 Å². The SMILES string of the molecule is Cc1ccc2nc(Nc3ncnc(Nc4ccccc4C)c3[N+](=O)[O-])sc2c1. The van der Waals surface area contributed by atoms with E-state index in [1.165, 1.54) is 17.7 Å². The van der Waals surface area contributed by atoms with Gasteiger partial charge in [-0.05, 0) is 43.2 Å².